The van der Waals surface area contributed by atoms with E-state index in [0.29, 0.717) is 17.3 Å². The first-order valence-electron chi connectivity index (χ1n) is 8.90. The SMILES string of the molecule is Nc1cc(-c2nc(C3=CCCC4=C3CC[C@@H]4NCC(F)F)no2)ccc1O. The predicted molar refractivity (Wildman–Crippen MR) is 97.1 cm³/mol. The molecule has 4 rings (SSSR count). The van der Waals surface area contributed by atoms with Gasteiger partial charge in [-0.2, -0.15) is 4.98 Å². The molecular formula is C19H20F2N4O2. The van der Waals surface area contributed by atoms with Gasteiger partial charge in [0.15, 0.2) is 0 Å². The van der Waals surface area contributed by atoms with Crippen LogP contribution in [0.25, 0.3) is 17.0 Å². The molecule has 0 spiro atoms. The summed E-state index contributed by atoms with van der Waals surface area (Å²) in [7, 11) is 0. The fourth-order valence-corrected chi connectivity index (χ4v) is 3.78. The molecule has 0 amide bonds. The smallest absolute Gasteiger partial charge is 0.258 e. The minimum atomic E-state index is -2.36. The number of phenolic OH excluding ortho intramolecular Hbond substituents is 1. The predicted octanol–water partition coefficient (Wildman–Crippen LogP) is 3.52. The maximum Gasteiger partial charge on any atom is 0.258 e. The Balaban J connectivity index is 1.59. The zero-order chi connectivity index (χ0) is 19.0. The first kappa shape index (κ1) is 17.7. The molecular weight excluding hydrogens is 354 g/mol. The number of hydrogen-bond acceptors (Lipinski definition) is 6. The number of alkyl halides is 2. The number of allylic oxidation sites excluding steroid dienone is 3. The van der Waals surface area contributed by atoms with Crippen LogP contribution >= 0.6 is 0 Å². The van der Waals surface area contributed by atoms with Gasteiger partial charge in [0, 0.05) is 17.2 Å². The molecule has 4 N–H and O–H groups in total. The van der Waals surface area contributed by atoms with Gasteiger partial charge in [0.25, 0.3) is 12.3 Å². The summed E-state index contributed by atoms with van der Waals surface area (Å²) >= 11 is 0. The average molecular weight is 374 g/mol. The van der Waals surface area contributed by atoms with Gasteiger partial charge in [0.2, 0.25) is 5.82 Å². The molecule has 2 aliphatic rings. The van der Waals surface area contributed by atoms with Crippen molar-refractivity contribution < 1.29 is 18.4 Å². The van der Waals surface area contributed by atoms with Crippen LogP contribution in [0.5, 0.6) is 5.75 Å². The topological polar surface area (TPSA) is 97.2 Å². The van der Waals surface area contributed by atoms with Gasteiger partial charge >= 0.3 is 0 Å². The van der Waals surface area contributed by atoms with Gasteiger partial charge < -0.3 is 20.7 Å². The van der Waals surface area contributed by atoms with Crippen molar-refractivity contribution in [3.8, 4) is 17.2 Å². The van der Waals surface area contributed by atoms with Crippen molar-refractivity contribution >= 4 is 11.3 Å². The van der Waals surface area contributed by atoms with E-state index in [1.165, 1.54) is 11.6 Å². The molecule has 0 unspecified atom stereocenters. The molecule has 6 nitrogen and oxygen atoms in total. The Kier molecular flexibility index (Phi) is 4.65. The van der Waals surface area contributed by atoms with Crippen LogP contribution < -0.4 is 11.1 Å². The number of nitrogens with two attached hydrogens (primary N) is 1. The molecule has 0 radical (unpaired) electrons. The number of rotatable bonds is 5. The fourth-order valence-electron chi connectivity index (χ4n) is 3.78. The molecule has 2 aromatic rings. The zero-order valence-electron chi connectivity index (χ0n) is 14.6. The number of nitrogen functional groups attached to an aromatic ring is 1. The minimum absolute atomic E-state index is 0.00318. The van der Waals surface area contributed by atoms with Gasteiger partial charge in [-0.25, -0.2) is 8.78 Å². The van der Waals surface area contributed by atoms with Gasteiger partial charge in [0.1, 0.15) is 5.75 Å². The van der Waals surface area contributed by atoms with Crippen molar-refractivity contribution in [1.82, 2.24) is 15.5 Å². The van der Waals surface area contributed by atoms with Crippen molar-refractivity contribution in [2.45, 2.75) is 38.2 Å². The highest BCUT2D eigenvalue weighted by atomic mass is 19.3. The Morgan fingerprint density at radius 3 is 2.96 bits per heavy atom. The summed E-state index contributed by atoms with van der Waals surface area (Å²) in [5, 5.41) is 16.6. The second-order valence-corrected chi connectivity index (χ2v) is 6.75. The molecule has 1 atom stereocenters. The van der Waals surface area contributed by atoms with Crippen LogP contribution in [0.15, 0.2) is 39.9 Å². The van der Waals surface area contributed by atoms with Crippen molar-refractivity contribution in [3.63, 3.8) is 0 Å². The fraction of sp³-hybridized carbons (Fsp3) is 0.368. The minimum Gasteiger partial charge on any atom is -0.506 e. The highest BCUT2D eigenvalue weighted by Crippen LogP contribution is 2.41. The van der Waals surface area contributed by atoms with Crippen LogP contribution in [0.4, 0.5) is 14.5 Å². The van der Waals surface area contributed by atoms with Gasteiger partial charge in [-0.3, -0.25) is 0 Å². The van der Waals surface area contributed by atoms with Crippen LogP contribution in [0, 0.1) is 0 Å². The summed E-state index contributed by atoms with van der Waals surface area (Å²) in [5.74, 6) is 0.797. The highest BCUT2D eigenvalue weighted by molar-refractivity contribution is 5.79. The van der Waals surface area contributed by atoms with Crippen molar-refractivity contribution in [2.24, 2.45) is 0 Å². The maximum atomic E-state index is 12.5. The van der Waals surface area contributed by atoms with Gasteiger partial charge in [-0.05, 0) is 55.0 Å². The van der Waals surface area contributed by atoms with E-state index in [1.54, 1.807) is 12.1 Å². The number of aromatic hydroxyl groups is 1. The maximum absolute atomic E-state index is 12.5. The lowest BCUT2D eigenvalue weighted by Crippen LogP contribution is -2.33. The summed E-state index contributed by atoms with van der Waals surface area (Å²) < 4.78 is 30.4. The van der Waals surface area contributed by atoms with E-state index in [4.69, 9.17) is 10.3 Å². The average Bonchev–Trinajstić information content (AvgIpc) is 3.29. The second-order valence-electron chi connectivity index (χ2n) is 6.75. The molecule has 0 saturated heterocycles. The second kappa shape index (κ2) is 7.11. The molecule has 8 heteroatoms. The number of aromatic nitrogens is 2. The lowest BCUT2D eigenvalue weighted by Gasteiger charge is -2.20. The highest BCUT2D eigenvalue weighted by Gasteiger charge is 2.31. The van der Waals surface area contributed by atoms with Gasteiger partial charge in [-0.1, -0.05) is 11.2 Å². The van der Waals surface area contributed by atoms with Crippen LogP contribution in [0.2, 0.25) is 0 Å². The summed E-state index contributed by atoms with van der Waals surface area (Å²) in [6.07, 6.45) is 3.00. The Bertz CT molecular complexity index is 920. The number of halogens is 2. The molecule has 0 aliphatic heterocycles. The van der Waals surface area contributed by atoms with E-state index in [2.05, 4.69) is 21.5 Å². The van der Waals surface area contributed by atoms with E-state index in [-0.39, 0.29) is 24.0 Å². The summed E-state index contributed by atoms with van der Waals surface area (Å²) in [5.41, 5.74) is 9.80. The monoisotopic (exact) mass is 374 g/mol. The summed E-state index contributed by atoms with van der Waals surface area (Å²) in [6, 6.07) is 4.70. The summed E-state index contributed by atoms with van der Waals surface area (Å²) in [6.45, 7) is -0.297. The number of nitrogens with one attached hydrogen (secondary N) is 1. The molecule has 1 aromatic heterocycles. The molecule has 1 aromatic carbocycles. The van der Waals surface area contributed by atoms with E-state index < -0.39 is 6.43 Å². The molecule has 0 bridgehead atoms. The number of hydrogen-bond donors (Lipinski definition) is 3. The summed E-state index contributed by atoms with van der Waals surface area (Å²) in [4.78, 5) is 4.48. The standard InChI is InChI=1S/C19H20F2N4O2/c20-17(21)9-23-15-6-5-11-12(15)2-1-3-13(11)18-24-19(27-25-18)10-4-7-16(26)14(22)8-10/h3-4,7-8,15,17,23,26H,1-2,5-6,9,22H2/t15-/m0/s1. The van der Waals surface area contributed by atoms with E-state index in [0.717, 1.165) is 36.8 Å². The van der Waals surface area contributed by atoms with Crippen LogP contribution in [-0.4, -0.2) is 34.3 Å². The lowest BCUT2D eigenvalue weighted by atomic mass is 9.91. The molecule has 0 saturated carbocycles. The Morgan fingerprint density at radius 2 is 2.19 bits per heavy atom. The Hall–Kier alpha value is -2.74. The normalized spacial score (nSPS) is 19.5. The molecule has 0 fully saturated rings. The largest absolute Gasteiger partial charge is 0.506 e. The Morgan fingerprint density at radius 1 is 1.33 bits per heavy atom. The van der Waals surface area contributed by atoms with Gasteiger partial charge in [-0.15, -0.1) is 0 Å². The first-order chi connectivity index (χ1) is 13.0. The zero-order valence-corrected chi connectivity index (χ0v) is 14.6. The lowest BCUT2D eigenvalue weighted by molar-refractivity contribution is 0.143. The number of nitrogens with zero attached hydrogens (tertiary/aromatic N) is 2. The van der Waals surface area contributed by atoms with E-state index in [9.17, 15) is 13.9 Å². The molecule has 1 heterocycles. The number of benzene rings is 1. The molecule has 27 heavy (non-hydrogen) atoms. The molecule has 142 valence electrons. The first-order valence-corrected chi connectivity index (χ1v) is 8.90. The van der Waals surface area contributed by atoms with Gasteiger partial charge in [0.05, 0.1) is 12.2 Å². The quantitative estimate of drug-likeness (QED) is 0.547. The van der Waals surface area contributed by atoms with E-state index in [1.807, 2.05) is 0 Å². The number of anilines is 1. The third kappa shape index (κ3) is 3.44. The van der Waals surface area contributed by atoms with Crippen LogP contribution in [-0.2, 0) is 0 Å². The Labute approximate surface area is 154 Å². The number of phenols is 1. The van der Waals surface area contributed by atoms with Crippen molar-refractivity contribution in [1.29, 1.82) is 0 Å². The third-order valence-electron chi connectivity index (χ3n) is 5.04. The third-order valence-corrected chi connectivity index (χ3v) is 5.04. The van der Waals surface area contributed by atoms with Crippen molar-refractivity contribution in [3.05, 3.63) is 41.2 Å². The molecule has 2 aliphatic carbocycles. The van der Waals surface area contributed by atoms with Crippen LogP contribution in [0.1, 0.15) is 31.5 Å². The van der Waals surface area contributed by atoms with Crippen molar-refractivity contribution in [2.75, 3.05) is 12.3 Å². The van der Waals surface area contributed by atoms with Crippen LogP contribution in [0.3, 0.4) is 0 Å². The van der Waals surface area contributed by atoms with E-state index >= 15 is 0 Å².